The molecule has 12 heteroatoms. The van der Waals surface area contributed by atoms with Crippen molar-refractivity contribution in [2.24, 2.45) is 5.92 Å². The molecule has 0 aliphatic carbocycles. The van der Waals surface area contributed by atoms with E-state index < -0.39 is 10.0 Å². The molecule has 0 unspecified atom stereocenters. The molecule has 1 aliphatic rings. The van der Waals surface area contributed by atoms with Gasteiger partial charge in [0.1, 0.15) is 4.21 Å². The molecular weight excluding hydrogens is 444 g/mol. The SMILES string of the molecule is O=C(Nc1nnc(-c2cccs2)o1)C1CCN(S(=O)(=O)c2ccc(Cl)s2)CC1. The van der Waals surface area contributed by atoms with Crippen LogP contribution in [-0.4, -0.2) is 41.9 Å². The van der Waals surface area contributed by atoms with Crippen molar-refractivity contribution < 1.29 is 17.6 Å². The summed E-state index contributed by atoms with van der Waals surface area (Å²) < 4.78 is 32.8. The molecule has 4 heterocycles. The molecule has 1 amide bonds. The molecule has 1 aliphatic heterocycles. The molecular formula is C16H15ClN4O4S3. The number of hydrogen-bond donors (Lipinski definition) is 1. The van der Waals surface area contributed by atoms with Crippen LogP contribution in [0.3, 0.4) is 0 Å². The first-order chi connectivity index (χ1) is 13.4. The van der Waals surface area contributed by atoms with Crippen LogP contribution >= 0.6 is 34.3 Å². The van der Waals surface area contributed by atoms with Crippen LogP contribution in [0.15, 0.2) is 38.3 Å². The number of hydrogen-bond acceptors (Lipinski definition) is 8. The molecule has 1 N–H and O–H groups in total. The topological polar surface area (TPSA) is 105 Å². The lowest BCUT2D eigenvalue weighted by molar-refractivity contribution is -0.121. The molecule has 1 saturated heterocycles. The Hall–Kier alpha value is -1.79. The van der Waals surface area contributed by atoms with Gasteiger partial charge in [0, 0.05) is 19.0 Å². The van der Waals surface area contributed by atoms with Gasteiger partial charge in [-0.1, -0.05) is 22.8 Å². The van der Waals surface area contributed by atoms with Crippen LogP contribution < -0.4 is 5.32 Å². The van der Waals surface area contributed by atoms with E-state index in [4.69, 9.17) is 16.0 Å². The first-order valence-corrected chi connectivity index (χ1v) is 11.9. The molecule has 0 bridgehead atoms. The largest absolute Gasteiger partial charge is 0.402 e. The van der Waals surface area contributed by atoms with Gasteiger partial charge in [-0.05, 0) is 36.4 Å². The van der Waals surface area contributed by atoms with Crippen molar-refractivity contribution in [3.63, 3.8) is 0 Å². The van der Waals surface area contributed by atoms with Crippen molar-refractivity contribution in [2.45, 2.75) is 17.1 Å². The minimum absolute atomic E-state index is 0.0386. The third kappa shape index (κ3) is 3.98. The number of thiophene rings is 2. The van der Waals surface area contributed by atoms with E-state index in [9.17, 15) is 13.2 Å². The van der Waals surface area contributed by atoms with Gasteiger partial charge in [-0.15, -0.1) is 27.8 Å². The van der Waals surface area contributed by atoms with Crippen LogP contribution in [-0.2, 0) is 14.8 Å². The lowest BCUT2D eigenvalue weighted by Crippen LogP contribution is -2.41. The van der Waals surface area contributed by atoms with Crippen LogP contribution in [0.2, 0.25) is 4.34 Å². The van der Waals surface area contributed by atoms with E-state index in [2.05, 4.69) is 15.5 Å². The number of sulfonamides is 1. The summed E-state index contributed by atoms with van der Waals surface area (Å²) in [5.74, 6) is -0.228. The zero-order chi connectivity index (χ0) is 19.7. The molecule has 0 spiro atoms. The van der Waals surface area contributed by atoms with Gasteiger partial charge in [0.15, 0.2) is 0 Å². The van der Waals surface area contributed by atoms with Crippen molar-refractivity contribution in [3.8, 4) is 10.8 Å². The molecule has 0 atom stereocenters. The average Bonchev–Trinajstić information content (AvgIpc) is 3.43. The van der Waals surface area contributed by atoms with Gasteiger partial charge in [-0.2, -0.15) is 4.31 Å². The molecule has 3 aromatic heterocycles. The fourth-order valence-corrected chi connectivity index (χ4v) is 6.65. The van der Waals surface area contributed by atoms with Gasteiger partial charge < -0.3 is 4.42 Å². The normalized spacial score (nSPS) is 16.3. The Bertz CT molecular complexity index is 1070. The van der Waals surface area contributed by atoms with Crippen LogP contribution in [0.5, 0.6) is 0 Å². The van der Waals surface area contributed by atoms with Crippen LogP contribution in [0.25, 0.3) is 10.8 Å². The van der Waals surface area contributed by atoms with Crippen molar-refractivity contribution in [1.29, 1.82) is 0 Å². The van der Waals surface area contributed by atoms with E-state index in [0.717, 1.165) is 16.2 Å². The van der Waals surface area contributed by atoms with E-state index >= 15 is 0 Å². The summed E-state index contributed by atoms with van der Waals surface area (Å²) in [4.78, 5) is 13.3. The Labute approximate surface area is 174 Å². The second-order valence-corrected chi connectivity index (χ2v) is 10.9. The Kier molecular flexibility index (Phi) is 5.52. The highest BCUT2D eigenvalue weighted by Crippen LogP contribution is 2.31. The first kappa shape index (κ1) is 19.5. The highest BCUT2D eigenvalue weighted by Gasteiger charge is 2.33. The second-order valence-electron chi connectivity index (χ2n) is 6.12. The number of rotatable bonds is 5. The number of aromatic nitrogens is 2. The van der Waals surface area contributed by atoms with Crippen molar-refractivity contribution >= 4 is 56.2 Å². The monoisotopic (exact) mass is 458 g/mol. The van der Waals surface area contributed by atoms with Crippen LogP contribution in [0.4, 0.5) is 6.01 Å². The Morgan fingerprint density at radius 2 is 2.04 bits per heavy atom. The molecule has 28 heavy (non-hydrogen) atoms. The number of piperidine rings is 1. The van der Waals surface area contributed by atoms with E-state index in [-0.39, 0.29) is 35.1 Å². The number of halogens is 1. The maximum Gasteiger partial charge on any atom is 0.322 e. The van der Waals surface area contributed by atoms with Crippen molar-refractivity contribution in [3.05, 3.63) is 34.0 Å². The first-order valence-electron chi connectivity index (χ1n) is 8.37. The molecule has 0 aromatic carbocycles. The highest BCUT2D eigenvalue weighted by molar-refractivity contribution is 7.91. The predicted molar refractivity (Wildman–Crippen MR) is 107 cm³/mol. The quantitative estimate of drug-likeness (QED) is 0.626. The number of carbonyl (C=O) groups is 1. The van der Waals surface area contributed by atoms with Gasteiger partial charge in [0.05, 0.1) is 9.21 Å². The summed E-state index contributed by atoms with van der Waals surface area (Å²) >= 11 is 8.33. The number of nitrogens with zero attached hydrogens (tertiary/aromatic N) is 3. The minimum Gasteiger partial charge on any atom is -0.402 e. The van der Waals surface area contributed by atoms with E-state index in [1.807, 2.05) is 17.5 Å². The third-order valence-electron chi connectivity index (χ3n) is 4.35. The van der Waals surface area contributed by atoms with E-state index in [0.29, 0.717) is 23.1 Å². The molecule has 0 radical (unpaired) electrons. The Morgan fingerprint density at radius 1 is 1.25 bits per heavy atom. The van der Waals surface area contributed by atoms with Crippen LogP contribution in [0, 0.1) is 5.92 Å². The Balaban J connectivity index is 1.35. The second kappa shape index (κ2) is 7.91. The summed E-state index contributed by atoms with van der Waals surface area (Å²) in [5.41, 5.74) is 0. The maximum atomic E-state index is 12.6. The summed E-state index contributed by atoms with van der Waals surface area (Å²) in [7, 11) is -3.57. The van der Waals surface area contributed by atoms with Crippen molar-refractivity contribution in [1.82, 2.24) is 14.5 Å². The molecule has 0 saturated carbocycles. The molecule has 8 nitrogen and oxygen atoms in total. The standard InChI is InChI=1S/C16H15ClN4O4S3/c17-12-3-4-13(27-12)28(23,24)21-7-5-10(6-8-21)14(22)18-16-20-19-15(25-16)11-2-1-9-26-11/h1-4,9-10H,5-8H2,(H,18,20,22). The summed E-state index contributed by atoms with van der Waals surface area (Å²) in [6.07, 6.45) is 0.826. The fraction of sp³-hybridized carbons (Fsp3) is 0.312. The minimum atomic E-state index is -3.57. The smallest absolute Gasteiger partial charge is 0.322 e. The zero-order valence-corrected chi connectivity index (χ0v) is 17.6. The number of nitrogens with one attached hydrogen (secondary N) is 1. The zero-order valence-electron chi connectivity index (χ0n) is 14.4. The molecule has 4 rings (SSSR count). The maximum absolute atomic E-state index is 12.6. The predicted octanol–water partition coefficient (Wildman–Crippen LogP) is 3.55. The molecule has 148 valence electrons. The van der Waals surface area contributed by atoms with E-state index in [1.165, 1.54) is 21.7 Å². The van der Waals surface area contributed by atoms with Gasteiger partial charge in [-0.25, -0.2) is 8.42 Å². The van der Waals surface area contributed by atoms with Gasteiger partial charge >= 0.3 is 6.01 Å². The van der Waals surface area contributed by atoms with Crippen molar-refractivity contribution in [2.75, 3.05) is 18.4 Å². The third-order valence-corrected chi connectivity index (χ3v) is 8.81. The number of anilines is 1. The number of carbonyl (C=O) groups excluding carboxylic acids is 1. The summed E-state index contributed by atoms with van der Waals surface area (Å²) in [6, 6.07) is 6.82. The molecule has 1 fully saturated rings. The lowest BCUT2D eigenvalue weighted by atomic mass is 9.97. The summed E-state index contributed by atoms with van der Waals surface area (Å²) in [5, 5.41) is 12.3. The number of amides is 1. The highest BCUT2D eigenvalue weighted by atomic mass is 35.5. The molecule has 3 aromatic rings. The fourth-order valence-electron chi connectivity index (χ4n) is 2.90. The average molecular weight is 459 g/mol. The van der Waals surface area contributed by atoms with Gasteiger partial charge in [0.2, 0.25) is 5.91 Å². The lowest BCUT2D eigenvalue weighted by Gasteiger charge is -2.29. The van der Waals surface area contributed by atoms with Gasteiger partial charge in [-0.3, -0.25) is 10.1 Å². The van der Waals surface area contributed by atoms with Gasteiger partial charge in [0.25, 0.3) is 15.9 Å². The Morgan fingerprint density at radius 3 is 2.68 bits per heavy atom. The summed E-state index contributed by atoms with van der Waals surface area (Å²) in [6.45, 7) is 0.528. The van der Waals surface area contributed by atoms with Crippen LogP contribution in [0.1, 0.15) is 12.8 Å². The van der Waals surface area contributed by atoms with E-state index in [1.54, 1.807) is 6.07 Å².